The van der Waals surface area contributed by atoms with Crippen molar-refractivity contribution in [2.75, 3.05) is 26.8 Å². The number of carbonyl (C=O) groups is 1. The van der Waals surface area contributed by atoms with Crippen LogP contribution < -0.4 is 10.6 Å². The molecule has 1 aromatic carbocycles. The number of hydrogen-bond donors (Lipinski definition) is 2. The van der Waals surface area contributed by atoms with Gasteiger partial charge in [0.25, 0.3) is 0 Å². The van der Waals surface area contributed by atoms with E-state index in [9.17, 15) is 4.79 Å². The van der Waals surface area contributed by atoms with Gasteiger partial charge < -0.3 is 15.4 Å². The topological polar surface area (TPSA) is 50.4 Å². The first-order valence-electron chi connectivity index (χ1n) is 7.64. The standard InChI is InChI=1S/C17H26N2O2.ClH/c1-13-4-6-15(7-5-13)14(2)19-16(20)17(12-21-3)8-10-18-11-9-17;/h4-7,14,18H,8-12H2,1-3H3,(H,19,20);1H. The first-order valence-corrected chi connectivity index (χ1v) is 7.64. The fourth-order valence-corrected chi connectivity index (χ4v) is 2.91. The van der Waals surface area contributed by atoms with Crippen LogP contribution >= 0.6 is 12.4 Å². The lowest BCUT2D eigenvalue weighted by atomic mass is 9.78. The third-order valence-corrected chi connectivity index (χ3v) is 4.39. The highest BCUT2D eigenvalue weighted by Gasteiger charge is 2.40. The molecule has 2 rings (SSSR count). The second kappa shape index (κ2) is 8.51. The molecule has 0 saturated carbocycles. The average molecular weight is 327 g/mol. The van der Waals surface area contributed by atoms with Crippen LogP contribution in [0, 0.1) is 12.3 Å². The van der Waals surface area contributed by atoms with Crippen molar-refractivity contribution in [3.05, 3.63) is 35.4 Å². The largest absolute Gasteiger partial charge is 0.384 e. The summed E-state index contributed by atoms with van der Waals surface area (Å²) in [5.74, 6) is 0.110. The number of aryl methyl sites for hydroxylation is 1. The zero-order valence-corrected chi connectivity index (χ0v) is 14.5. The summed E-state index contributed by atoms with van der Waals surface area (Å²) in [7, 11) is 1.67. The van der Waals surface area contributed by atoms with Crippen LogP contribution in [-0.4, -0.2) is 32.7 Å². The van der Waals surface area contributed by atoms with Crippen LogP contribution in [0.4, 0.5) is 0 Å². The Balaban J connectivity index is 0.00000242. The Morgan fingerprint density at radius 2 is 1.91 bits per heavy atom. The van der Waals surface area contributed by atoms with E-state index < -0.39 is 0 Å². The lowest BCUT2D eigenvalue weighted by molar-refractivity contribution is -0.136. The van der Waals surface area contributed by atoms with E-state index in [-0.39, 0.29) is 29.8 Å². The smallest absolute Gasteiger partial charge is 0.229 e. The molecule has 1 aliphatic heterocycles. The number of methoxy groups -OCH3 is 1. The predicted octanol–water partition coefficient (Wildman–Crippen LogP) is 2.61. The van der Waals surface area contributed by atoms with E-state index in [0.29, 0.717) is 6.61 Å². The molecule has 1 aliphatic rings. The Morgan fingerprint density at radius 3 is 2.45 bits per heavy atom. The molecule has 2 N–H and O–H groups in total. The molecule has 1 unspecified atom stereocenters. The number of ether oxygens (including phenoxy) is 1. The van der Waals surface area contributed by atoms with Crippen molar-refractivity contribution in [3.63, 3.8) is 0 Å². The number of carbonyl (C=O) groups excluding carboxylic acids is 1. The van der Waals surface area contributed by atoms with E-state index in [4.69, 9.17) is 4.74 Å². The van der Waals surface area contributed by atoms with Gasteiger partial charge in [0, 0.05) is 7.11 Å². The third-order valence-electron chi connectivity index (χ3n) is 4.39. The second-order valence-corrected chi connectivity index (χ2v) is 6.07. The van der Waals surface area contributed by atoms with Gasteiger partial charge in [-0.15, -0.1) is 12.4 Å². The van der Waals surface area contributed by atoms with Crippen LogP contribution in [-0.2, 0) is 9.53 Å². The van der Waals surface area contributed by atoms with Crippen LogP contribution in [0.2, 0.25) is 0 Å². The number of rotatable bonds is 5. The van der Waals surface area contributed by atoms with Crippen molar-refractivity contribution in [2.24, 2.45) is 5.41 Å². The molecule has 4 nitrogen and oxygen atoms in total. The molecular weight excluding hydrogens is 300 g/mol. The summed E-state index contributed by atoms with van der Waals surface area (Å²) in [6, 6.07) is 8.32. The maximum absolute atomic E-state index is 12.7. The van der Waals surface area contributed by atoms with Gasteiger partial charge in [0.05, 0.1) is 18.1 Å². The van der Waals surface area contributed by atoms with Gasteiger partial charge in [-0.3, -0.25) is 4.79 Å². The van der Waals surface area contributed by atoms with Gasteiger partial charge in [-0.1, -0.05) is 29.8 Å². The molecule has 0 aromatic heterocycles. The van der Waals surface area contributed by atoms with Gasteiger partial charge in [0.1, 0.15) is 0 Å². The third kappa shape index (κ3) is 4.45. The van der Waals surface area contributed by atoms with E-state index in [0.717, 1.165) is 31.5 Å². The Bertz CT molecular complexity index is 465. The Morgan fingerprint density at radius 1 is 1.32 bits per heavy atom. The second-order valence-electron chi connectivity index (χ2n) is 6.07. The molecule has 0 radical (unpaired) electrons. The Labute approximate surface area is 139 Å². The molecular formula is C17H27ClN2O2. The SMILES string of the molecule is COCC1(C(=O)NC(C)c2ccc(C)cc2)CCNCC1.Cl. The summed E-state index contributed by atoms with van der Waals surface area (Å²) < 4.78 is 5.32. The monoisotopic (exact) mass is 326 g/mol. The molecule has 1 heterocycles. The molecule has 1 amide bonds. The summed E-state index contributed by atoms with van der Waals surface area (Å²) in [6.45, 7) is 6.33. The maximum atomic E-state index is 12.7. The van der Waals surface area contributed by atoms with Gasteiger partial charge in [0.15, 0.2) is 0 Å². The van der Waals surface area contributed by atoms with Crippen LogP contribution in [0.25, 0.3) is 0 Å². The van der Waals surface area contributed by atoms with Crippen LogP contribution in [0.1, 0.15) is 36.9 Å². The molecule has 1 saturated heterocycles. The number of halogens is 1. The zero-order chi connectivity index (χ0) is 15.3. The normalized spacial score (nSPS) is 18.1. The molecule has 22 heavy (non-hydrogen) atoms. The number of amides is 1. The first kappa shape index (κ1) is 18.9. The number of piperidine rings is 1. The fraction of sp³-hybridized carbons (Fsp3) is 0.588. The Hall–Kier alpha value is -1.10. The predicted molar refractivity (Wildman–Crippen MR) is 91.4 cm³/mol. The highest BCUT2D eigenvalue weighted by Crippen LogP contribution is 2.30. The average Bonchev–Trinajstić information content (AvgIpc) is 2.49. The van der Waals surface area contributed by atoms with Crippen molar-refractivity contribution in [1.82, 2.24) is 10.6 Å². The molecule has 0 spiro atoms. The van der Waals surface area contributed by atoms with Gasteiger partial charge in [0.2, 0.25) is 5.91 Å². The quantitative estimate of drug-likeness (QED) is 0.874. The summed E-state index contributed by atoms with van der Waals surface area (Å²) in [5.41, 5.74) is 1.97. The molecule has 0 aliphatic carbocycles. The molecule has 1 atom stereocenters. The minimum absolute atomic E-state index is 0. The summed E-state index contributed by atoms with van der Waals surface area (Å²) in [6.07, 6.45) is 1.65. The summed E-state index contributed by atoms with van der Waals surface area (Å²) >= 11 is 0. The van der Waals surface area contributed by atoms with Crippen LogP contribution in [0.5, 0.6) is 0 Å². The molecule has 1 aromatic rings. The van der Waals surface area contributed by atoms with Crippen LogP contribution in [0.15, 0.2) is 24.3 Å². The molecule has 0 bridgehead atoms. The van der Waals surface area contributed by atoms with Crippen LogP contribution in [0.3, 0.4) is 0 Å². The zero-order valence-electron chi connectivity index (χ0n) is 13.6. The number of benzene rings is 1. The van der Waals surface area contributed by atoms with Crippen molar-refractivity contribution in [1.29, 1.82) is 0 Å². The van der Waals surface area contributed by atoms with Crippen molar-refractivity contribution in [3.8, 4) is 0 Å². The van der Waals surface area contributed by atoms with E-state index in [1.807, 2.05) is 6.92 Å². The Kier molecular flexibility index (Phi) is 7.33. The maximum Gasteiger partial charge on any atom is 0.229 e. The summed E-state index contributed by atoms with van der Waals surface area (Å²) in [5, 5.41) is 6.47. The van der Waals surface area contributed by atoms with Crippen molar-refractivity contribution >= 4 is 18.3 Å². The van der Waals surface area contributed by atoms with E-state index in [1.54, 1.807) is 7.11 Å². The van der Waals surface area contributed by atoms with E-state index in [2.05, 4.69) is 41.8 Å². The van der Waals surface area contributed by atoms with E-state index in [1.165, 1.54) is 5.56 Å². The lowest BCUT2D eigenvalue weighted by Gasteiger charge is -2.36. The van der Waals surface area contributed by atoms with Crippen molar-refractivity contribution < 1.29 is 9.53 Å². The van der Waals surface area contributed by atoms with Crippen molar-refractivity contribution in [2.45, 2.75) is 32.7 Å². The first-order chi connectivity index (χ1) is 10.1. The highest BCUT2D eigenvalue weighted by molar-refractivity contribution is 5.85. The highest BCUT2D eigenvalue weighted by atomic mass is 35.5. The number of hydrogen-bond acceptors (Lipinski definition) is 3. The number of nitrogens with one attached hydrogen (secondary N) is 2. The van der Waals surface area contributed by atoms with Gasteiger partial charge in [-0.2, -0.15) is 0 Å². The summed E-state index contributed by atoms with van der Waals surface area (Å²) in [4.78, 5) is 12.7. The van der Waals surface area contributed by atoms with E-state index >= 15 is 0 Å². The molecule has 1 fully saturated rings. The lowest BCUT2D eigenvalue weighted by Crippen LogP contribution is -2.50. The molecule has 5 heteroatoms. The minimum atomic E-state index is -0.390. The van der Waals surface area contributed by atoms with Gasteiger partial charge >= 0.3 is 0 Å². The van der Waals surface area contributed by atoms with Gasteiger partial charge in [-0.25, -0.2) is 0 Å². The minimum Gasteiger partial charge on any atom is -0.384 e. The van der Waals surface area contributed by atoms with Gasteiger partial charge in [-0.05, 0) is 45.3 Å². The fourth-order valence-electron chi connectivity index (χ4n) is 2.91. The molecule has 124 valence electrons.